The van der Waals surface area contributed by atoms with Crippen LogP contribution in [0.5, 0.6) is 0 Å². The van der Waals surface area contributed by atoms with Crippen LogP contribution in [0.25, 0.3) is 0 Å². The fraction of sp³-hybridized carbons (Fsp3) is 0.375. The lowest BCUT2D eigenvalue weighted by Gasteiger charge is -2.22. The molecule has 0 saturated heterocycles. The summed E-state index contributed by atoms with van der Waals surface area (Å²) >= 11 is 0. The van der Waals surface area contributed by atoms with Gasteiger partial charge in [0.1, 0.15) is 0 Å². The van der Waals surface area contributed by atoms with Crippen molar-refractivity contribution >= 4 is 0 Å². The normalized spacial score (nSPS) is 24.3. The van der Waals surface area contributed by atoms with Gasteiger partial charge in [-0.15, -0.1) is 0 Å². The van der Waals surface area contributed by atoms with Crippen molar-refractivity contribution in [1.82, 2.24) is 0 Å². The van der Waals surface area contributed by atoms with Gasteiger partial charge in [-0.3, -0.25) is 0 Å². The molecule has 0 aliphatic heterocycles. The Labute approximate surface area is 98.7 Å². The van der Waals surface area contributed by atoms with Gasteiger partial charge in [-0.05, 0) is 37.7 Å². The molecule has 0 nitrogen and oxygen atoms in total. The van der Waals surface area contributed by atoms with Crippen LogP contribution in [-0.2, 0) is 6.42 Å². The van der Waals surface area contributed by atoms with Crippen LogP contribution in [0, 0.1) is 18.8 Å². The predicted octanol–water partition coefficient (Wildman–Crippen LogP) is 4.31. The molecule has 0 N–H and O–H groups in total. The van der Waals surface area contributed by atoms with Crippen LogP contribution in [0.1, 0.15) is 25.0 Å². The van der Waals surface area contributed by atoms with Gasteiger partial charge in [-0.1, -0.05) is 60.6 Å². The maximum atomic E-state index is 2.37. The first-order valence-electron chi connectivity index (χ1n) is 6.07. The van der Waals surface area contributed by atoms with Crippen molar-refractivity contribution in [1.29, 1.82) is 0 Å². The number of rotatable bonds is 2. The average molecular weight is 212 g/mol. The highest BCUT2D eigenvalue weighted by Crippen LogP contribution is 2.25. The fourth-order valence-corrected chi connectivity index (χ4v) is 2.29. The summed E-state index contributed by atoms with van der Waals surface area (Å²) in [7, 11) is 0. The Morgan fingerprint density at radius 3 is 2.38 bits per heavy atom. The maximum absolute atomic E-state index is 2.37. The van der Waals surface area contributed by atoms with E-state index in [4.69, 9.17) is 0 Å². The predicted molar refractivity (Wildman–Crippen MR) is 70.4 cm³/mol. The number of hydrogen-bond donors (Lipinski definition) is 0. The monoisotopic (exact) mass is 212 g/mol. The third-order valence-electron chi connectivity index (χ3n) is 3.40. The average Bonchev–Trinajstić information content (AvgIpc) is 2.25. The summed E-state index contributed by atoms with van der Waals surface area (Å²) in [5.74, 6) is 1.32. The smallest absolute Gasteiger partial charge is 0.0129 e. The quantitative estimate of drug-likeness (QED) is 0.685. The van der Waals surface area contributed by atoms with Gasteiger partial charge in [0.05, 0.1) is 0 Å². The number of allylic oxidation sites excluding steroid dienone is 4. The van der Waals surface area contributed by atoms with Gasteiger partial charge in [0.15, 0.2) is 0 Å². The maximum Gasteiger partial charge on any atom is -0.0129 e. The number of aryl methyl sites for hydroxylation is 1. The van der Waals surface area contributed by atoms with Gasteiger partial charge in [0.2, 0.25) is 0 Å². The first-order chi connectivity index (χ1) is 7.65. The van der Waals surface area contributed by atoms with Crippen molar-refractivity contribution < 1.29 is 0 Å². The van der Waals surface area contributed by atoms with Gasteiger partial charge in [0, 0.05) is 0 Å². The fourth-order valence-electron chi connectivity index (χ4n) is 2.29. The third kappa shape index (κ3) is 2.63. The zero-order valence-electron chi connectivity index (χ0n) is 10.4. The summed E-state index contributed by atoms with van der Waals surface area (Å²) in [5.41, 5.74) is 4.18. The number of benzene rings is 1. The highest BCUT2D eigenvalue weighted by Gasteiger charge is 2.15. The van der Waals surface area contributed by atoms with Crippen LogP contribution in [0.3, 0.4) is 0 Å². The Bertz CT molecular complexity index is 406. The molecule has 0 heterocycles. The second-order valence-corrected chi connectivity index (χ2v) is 4.98. The number of hydrogen-bond acceptors (Lipinski definition) is 0. The molecule has 0 aromatic heterocycles. The van der Waals surface area contributed by atoms with Crippen molar-refractivity contribution in [2.45, 2.75) is 27.2 Å². The Balaban J connectivity index is 2.06. The molecule has 2 unspecified atom stereocenters. The van der Waals surface area contributed by atoms with Crippen LogP contribution in [0.2, 0.25) is 0 Å². The molecule has 0 heteroatoms. The largest absolute Gasteiger partial charge is 0.0803 e. The van der Waals surface area contributed by atoms with E-state index in [0.717, 1.165) is 6.42 Å². The topological polar surface area (TPSA) is 0 Å². The minimum absolute atomic E-state index is 0.659. The van der Waals surface area contributed by atoms with E-state index in [1.54, 1.807) is 0 Å². The summed E-state index contributed by atoms with van der Waals surface area (Å²) in [5, 5.41) is 0. The van der Waals surface area contributed by atoms with Gasteiger partial charge < -0.3 is 0 Å². The van der Waals surface area contributed by atoms with Crippen LogP contribution in [0.4, 0.5) is 0 Å². The van der Waals surface area contributed by atoms with E-state index in [0.29, 0.717) is 11.8 Å². The van der Waals surface area contributed by atoms with E-state index in [9.17, 15) is 0 Å². The summed E-state index contributed by atoms with van der Waals surface area (Å²) in [6.07, 6.45) is 8.14. The molecule has 0 amide bonds. The molecule has 84 valence electrons. The van der Waals surface area contributed by atoms with Crippen molar-refractivity contribution in [2.75, 3.05) is 0 Å². The van der Waals surface area contributed by atoms with Gasteiger partial charge in [0.25, 0.3) is 0 Å². The Morgan fingerprint density at radius 1 is 1.06 bits per heavy atom. The van der Waals surface area contributed by atoms with E-state index in [1.165, 1.54) is 16.7 Å². The minimum atomic E-state index is 0.659. The molecule has 1 aromatic rings. The first kappa shape index (κ1) is 11.2. The molecule has 1 aromatic carbocycles. The molecule has 0 saturated carbocycles. The van der Waals surface area contributed by atoms with E-state index in [2.05, 4.69) is 63.3 Å². The molecule has 0 spiro atoms. The molecular weight excluding hydrogens is 192 g/mol. The first-order valence-corrected chi connectivity index (χ1v) is 6.07. The van der Waals surface area contributed by atoms with Crippen LogP contribution >= 0.6 is 0 Å². The lowest BCUT2D eigenvalue weighted by Crippen LogP contribution is -2.13. The summed E-state index contributed by atoms with van der Waals surface area (Å²) < 4.78 is 0. The lowest BCUT2D eigenvalue weighted by atomic mass is 9.83. The van der Waals surface area contributed by atoms with Crippen molar-refractivity contribution in [3.8, 4) is 0 Å². The Hall–Kier alpha value is -1.30. The molecular formula is C16H20. The second-order valence-electron chi connectivity index (χ2n) is 4.98. The standard InChI is InChI=1S/C16H20/c1-12-4-7-15(8-5-12)11-16-9-6-13(2)10-14(16)3/h4-10,14,16H,11H2,1-3H3. The molecule has 0 radical (unpaired) electrons. The Kier molecular flexibility index (Phi) is 3.28. The molecule has 2 rings (SSSR count). The summed E-state index contributed by atoms with van der Waals surface area (Å²) in [4.78, 5) is 0. The highest BCUT2D eigenvalue weighted by molar-refractivity contribution is 5.27. The molecule has 1 aliphatic carbocycles. The molecule has 2 atom stereocenters. The van der Waals surface area contributed by atoms with Crippen LogP contribution < -0.4 is 0 Å². The van der Waals surface area contributed by atoms with E-state index < -0.39 is 0 Å². The molecule has 16 heavy (non-hydrogen) atoms. The highest BCUT2D eigenvalue weighted by atomic mass is 14.2. The van der Waals surface area contributed by atoms with E-state index >= 15 is 0 Å². The molecule has 0 bridgehead atoms. The van der Waals surface area contributed by atoms with Crippen molar-refractivity contribution in [2.24, 2.45) is 11.8 Å². The van der Waals surface area contributed by atoms with Gasteiger partial charge in [-0.2, -0.15) is 0 Å². The molecule has 0 fully saturated rings. The zero-order valence-corrected chi connectivity index (χ0v) is 10.4. The molecule has 1 aliphatic rings. The van der Waals surface area contributed by atoms with Gasteiger partial charge >= 0.3 is 0 Å². The SMILES string of the molecule is CC1=CC(C)C(Cc2ccc(C)cc2)C=C1. The van der Waals surface area contributed by atoms with Crippen molar-refractivity contribution in [3.63, 3.8) is 0 Å². The van der Waals surface area contributed by atoms with E-state index in [1.807, 2.05) is 0 Å². The zero-order chi connectivity index (χ0) is 11.5. The van der Waals surface area contributed by atoms with Crippen molar-refractivity contribution in [3.05, 3.63) is 59.2 Å². The third-order valence-corrected chi connectivity index (χ3v) is 3.40. The summed E-state index contributed by atoms with van der Waals surface area (Å²) in [6.45, 7) is 6.62. The van der Waals surface area contributed by atoms with E-state index in [-0.39, 0.29) is 0 Å². The summed E-state index contributed by atoms with van der Waals surface area (Å²) in [6, 6.07) is 8.91. The second kappa shape index (κ2) is 4.69. The van der Waals surface area contributed by atoms with Gasteiger partial charge in [-0.25, -0.2) is 0 Å². The van der Waals surface area contributed by atoms with Crippen LogP contribution in [0.15, 0.2) is 48.1 Å². The minimum Gasteiger partial charge on any atom is -0.0803 e. The lowest BCUT2D eigenvalue weighted by molar-refractivity contribution is 0.501. The Morgan fingerprint density at radius 2 is 1.75 bits per heavy atom. The van der Waals surface area contributed by atoms with Crippen LogP contribution in [-0.4, -0.2) is 0 Å².